The van der Waals surface area contributed by atoms with E-state index in [0.717, 1.165) is 25.3 Å². The van der Waals surface area contributed by atoms with Crippen LogP contribution in [-0.4, -0.2) is 45.5 Å². The summed E-state index contributed by atoms with van der Waals surface area (Å²) in [6, 6.07) is 5.49. The van der Waals surface area contributed by atoms with Crippen LogP contribution < -0.4 is 0 Å². The molecule has 0 aliphatic rings. The molecule has 0 fully saturated rings. The number of aromatic nitrogens is 2. The quantitative estimate of drug-likeness (QED) is 0.870. The van der Waals surface area contributed by atoms with Crippen LogP contribution in [0.1, 0.15) is 23.2 Å². The maximum Gasteiger partial charge on any atom is 0.356 e. The molecule has 0 saturated heterocycles. The highest BCUT2D eigenvalue weighted by Crippen LogP contribution is 2.13. The van der Waals surface area contributed by atoms with Crippen LogP contribution >= 0.6 is 0 Å². The molecule has 0 saturated carbocycles. The van der Waals surface area contributed by atoms with Gasteiger partial charge >= 0.3 is 5.97 Å². The predicted octanol–water partition coefficient (Wildman–Crippen LogP) is 1.53. The number of rotatable bonds is 5. The fraction of sp³-hybridized carbons (Fsp3) is 0.385. The average Bonchev–Trinajstić information content (AvgIpc) is 2.75. The van der Waals surface area contributed by atoms with Crippen molar-refractivity contribution in [2.45, 2.75) is 13.3 Å². The zero-order valence-electron chi connectivity index (χ0n) is 10.6. The Morgan fingerprint density at radius 3 is 2.94 bits per heavy atom. The zero-order valence-corrected chi connectivity index (χ0v) is 10.6. The highest BCUT2D eigenvalue weighted by molar-refractivity contribution is 5.93. The summed E-state index contributed by atoms with van der Waals surface area (Å²) in [4.78, 5) is 17.5. The molecule has 0 aromatic carbocycles. The standard InChI is InChI=1S/C13H17N3O2/c1-3-15(2)9-7-11-14-12(13(17)18)10-6-4-5-8-16(10)11/h4-6,8H,3,7,9H2,1-2H3,(H,17,18). The minimum Gasteiger partial charge on any atom is -0.476 e. The van der Waals surface area contributed by atoms with Gasteiger partial charge in [0.25, 0.3) is 0 Å². The molecule has 5 heteroatoms. The van der Waals surface area contributed by atoms with E-state index in [2.05, 4.69) is 16.8 Å². The Bertz CT molecular complexity index is 562. The summed E-state index contributed by atoms with van der Waals surface area (Å²) in [5, 5.41) is 9.13. The molecule has 0 amide bonds. The summed E-state index contributed by atoms with van der Waals surface area (Å²) in [7, 11) is 2.04. The Hall–Kier alpha value is -1.88. The number of nitrogens with zero attached hydrogens (tertiary/aromatic N) is 3. The Kier molecular flexibility index (Phi) is 3.62. The van der Waals surface area contributed by atoms with E-state index in [1.807, 2.05) is 29.8 Å². The Balaban J connectivity index is 2.36. The normalized spacial score (nSPS) is 11.3. The third-order valence-corrected chi connectivity index (χ3v) is 3.08. The fourth-order valence-electron chi connectivity index (χ4n) is 1.88. The molecular weight excluding hydrogens is 230 g/mol. The van der Waals surface area contributed by atoms with Crippen LogP contribution in [-0.2, 0) is 6.42 Å². The minimum atomic E-state index is -0.978. The number of carbonyl (C=O) groups is 1. The maximum absolute atomic E-state index is 11.1. The third kappa shape index (κ3) is 2.36. The monoisotopic (exact) mass is 247 g/mol. The second kappa shape index (κ2) is 5.18. The van der Waals surface area contributed by atoms with Crippen LogP contribution in [0, 0.1) is 0 Å². The third-order valence-electron chi connectivity index (χ3n) is 3.08. The maximum atomic E-state index is 11.1. The van der Waals surface area contributed by atoms with Crippen molar-refractivity contribution < 1.29 is 9.90 Å². The first kappa shape index (κ1) is 12.6. The van der Waals surface area contributed by atoms with Crippen LogP contribution in [0.15, 0.2) is 24.4 Å². The molecule has 0 unspecified atom stereocenters. The topological polar surface area (TPSA) is 57.8 Å². The Morgan fingerprint density at radius 2 is 2.28 bits per heavy atom. The van der Waals surface area contributed by atoms with Crippen molar-refractivity contribution >= 4 is 11.5 Å². The van der Waals surface area contributed by atoms with E-state index >= 15 is 0 Å². The number of carboxylic acid groups (broad SMARTS) is 1. The Labute approximate surface area is 106 Å². The van der Waals surface area contributed by atoms with Crippen LogP contribution in [0.25, 0.3) is 5.52 Å². The van der Waals surface area contributed by atoms with E-state index < -0.39 is 5.97 Å². The summed E-state index contributed by atoms with van der Waals surface area (Å²) in [6.07, 6.45) is 2.60. The molecule has 1 N–H and O–H groups in total. The van der Waals surface area contributed by atoms with Gasteiger partial charge in [0, 0.05) is 19.2 Å². The summed E-state index contributed by atoms with van der Waals surface area (Å²) in [5.74, 6) is -0.183. The Morgan fingerprint density at radius 1 is 1.50 bits per heavy atom. The number of likely N-dealkylation sites (N-methyl/N-ethyl adjacent to an activating group) is 1. The first-order valence-corrected chi connectivity index (χ1v) is 6.01. The van der Waals surface area contributed by atoms with Crippen LogP contribution in [0.3, 0.4) is 0 Å². The SMILES string of the molecule is CCN(C)CCc1nc(C(=O)O)c2ccccn12. The van der Waals surface area contributed by atoms with E-state index in [4.69, 9.17) is 5.11 Å². The van der Waals surface area contributed by atoms with Crippen molar-refractivity contribution in [1.29, 1.82) is 0 Å². The fourth-order valence-corrected chi connectivity index (χ4v) is 1.88. The highest BCUT2D eigenvalue weighted by Gasteiger charge is 2.15. The van der Waals surface area contributed by atoms with Crippen molar-refractivity contribution in [2.75, 3.05) is 20.1 Å². The molecule has 2 aromatic heterocycles. The summed E-state index contributed by atoms with van der Waals surface area (Å²) >= 11 is 0. The molecule has 0 radical (unpaired) electrons. The molecular formula is C13H17N3O2. The molecule has 2 heterocycles. The van der Waals surface area contributed by atoms with E-state index in [0.29, 0.717) is 5.52 Å². The van der Waals surface area contributed by atoms with E-state index in [1.54, 1.807) is 6.07 Å². The number of fused-ring (bicyclic) bond motifs is 1. The molecule has 0 aliphatic heterocycles. The zero-order chi connectivity index (χ0) is 13.1. The van der Waals surface area contributed by atoms with E-state index in [-0.39, 0.29) is 5.69 Å². The second-order valence-corrected chi connectivity index (χ2v) is 4.28. The number of hydrogen-bond donors (Lipinski definition) is 1. The predicted molar refractivity (Wildman–Crippen MR) is 69.0 cm³/mol. The number of carboxylic acids is 1. The van der Waals surface area contributed by atoms with Crippen LogP contribution in [0.4, 0.5) is 0 Å². The van der Waals surface area contributed by atoms with Crippen molar-refractivity contribution in [1.82, 2.24) is 14.3 Å². The number of hydrogen-bond acceptors (Lipinski definition) is 3. The lowest BCUT2D eigenvalue weighted by molar-refractivity contribution is 0.0693. The van der Waals surface area contributed by atoms with Gasteiger partial charge < -0.3 is 14.4 Å². The molecule has 0 aliphatic carbocycles. The summed E-state index contributed by atoms with van der Waals surface area (Å²) in [5.41, 5.74) is 0.781. The molecule has 0 spiro atoms. The van der Waals surface area contributed by atoms with E-state index in [1.165, 1.54) is 0 Å². The van der Waals surface area contributed by atoms with Gasteiger partial charge in [-0.2, -0.15) is 0 Å². The van der Waals surface area contributed by atoms with Crippen molar-refractivity contribution in [2.24, 2.45) is 0 Å². The van der Waals surface area contributed by atoms with E-state index in [9.17, 15) is 4.79 Å². The smallest absolute Gasteiger partial charge is 0.356 e. The second-order valence-electron chi connectivity index (χ2n) is 4.28. The first-order valence-electron chi connectivity index (χ1n) is 6.01. The number of pyridine rings is 1. The molecule has 2 aromatic rings. The van der Waals surface area contributed by atoms with Crippen LogP contribution in [0.5, 0.6) is 0 Å². The van der Waals surface area contributed by atoms with Gasteiger partial charge in [0.2, 0.25) is 0 Å². The molecule has 5 nitrogen and oxygen atoms in total. The molecule has 18 heavy (non-hydrogen) atoms. The van der Waals surface area contributed by atoms with Crippen molar-refractivity contribution in [3.63, 3.8) is 0 Å². The van der Waals surface area contributed by atoms with Gasteiger partial charge in [-0.05, 0) is 25.7 Å². The molecule has 2 rings (SSSR count). The largest absolute Gasteiger partial charge is 0.476 e. The van der Waals surface area contributed by atoms with Crippen molar-refractivity contribution in [3.8, 4) is 0 Å². The van der Waals surface area contributed by atoms with Gasteiger partial charge in [-0.25, -0.2) is 9.78 Å². The lowest BCUT2D eigenvalue weighted by Crippen LogP contribution is -2.21. The average molecular weight is 247 g/mol. The van der Waals surface area contributed by atoms with Crippen molar-refractivity contribution in [3.05, 3.63) is 35.9 Å². The van der Waals surface area contributed by atoms with Crippen LogP contribution in [0.2, 0.25) is 0 Å². The van der Waals surface area contributed by atoms with Gasteiger partial charge in [0.05, 0.1) is 5.52 Å². The van der Waals surface area contributed by atoms with Gasteiger partial charge in [-0.15, -0.1) is 0 Å². The molecule has 0 bridgehead atoms. The first-order chi connectivity index (χ1) is 8.63. The minimum absolute atomic E-state index is 0.129. The highest BCUT2D eigenvalue weighted by atomic mass is 16.4. The van der Waals surface area contributed by atoms with Gasteiger partial charge in [-0.1, -0.05) is 13.0 Å². The number of imidazole rings is 1. The lowest BCUT2D eigenvalue weighted by Gasteiger charge is -2.12. The molecule has 0 atom stereocenters. The summed E-state index contributed by atoms with van der Waals surface area (Å²) in [6.45, 7) is 3.92. The van der Waals surface area contributed by atoms with Gasteiger partial charge in [-0.3, -0.25) is 0 Å². The summed E-state index contributed by atoms with van der Waals surface area (Å²) < 4.78 is 1.85. The lowest BCUT2D eigenvalue weighted by atomic mass is 10.3. The number of aromatic carboxylic acids is 1. The van der Waals surface area contributed by atoms with Gasteiger partial charge in [0.15, 0.2) is 5.69 Å². The van der Waals surface area contributed by atoms with Gasteiger partial charge in [0.1, 0.15) is 5.82 Å². The molecule has 96 valence electrons.